The number of benzene rings is 2. The molecule has 26 heavy (non-hydrogen) atoms. The van der Waals surface area contributed by atoms with Crippen LogP contribution in [0.2, 0.25) is 0 Å². The molecule has 1 atom stereocenters. The Morgan fingerprint density at radius 2 is 1.77 bits per heavy atom. The van der Waals surface area contributed by atoms with Gasteiger partial charge >= 0.3 is 0 Å². The number of rotatable bonds is 4. The van der Waals surface area contributed by atoms with Crippen molar-refractivity contribution in [3.8, 4) is 0 Å². The van der Waals surface area contributed by atoms with Gasteiger partial charge in [-0.15, -0.1) is 10.2 Å². The van der Waals surface area contributed by atoms with Crippen LogP contribution in [0, 0.1) is 0 Å². The zero-order valence-corrected chi connectivity index (χ0v) is 15.2. The molecule has 6 nitrogen and oxygen atoms in total. The summed E-state index contributed by atoms with van der Waals surface area (Å²) in [5.74, 6) is -0.0125. The monoisotopic (exact) mass is 363 g/mol. The molecule has 4 aromatic rings. The molecule has 7 heteroatoms. The zero-order chi connectivity index (χ0) is 18.1. The lowest BCUT2D eigenvalue weighted by Crippen LogP contribution is -2.26. The van der Waals surface area contributed by atoms with E-state index in [0.717, 1.165) is 22.0 Å². The van der Waals surface area contributed by atoms with E-state index in [0.29, 0.717) is 10.8 Å². The molecule has 1 amide bonds. The number of likely N-dealkylation sites (N-methyl/N-ethyl adjacent to an activating group) is 1. The summed E-state index contributed by atoms with van der Waals surface area (Å²) < 4.78 is 0. The lowest BCUT2D eigenvalue weighted by molar-refractivity contribution is -0.128. The first-order chi connectivity index (χ1) is 12.6. The summed E-state index contributed by atoms with van der Waals surface area (Å²) in [5, 5.41) is 9.61. The molecule has 2 aromatic heterocycles. The van der Waals surface area contributed by atoms with Crippen LogP contribution >= 0.6 is 11.8 Å². The van der Waals surface area contributed by atoms with Gasteiger partial charge in [-0.1, -0.05) is 60.3 Å². The predicted molar refractivity (Wildman–Crippen MR) is 103 cm³/mol. The van der Waals surface area contributed by atoms with Crippen LogP contribution in [0.4, 0.5) is 0 Å². The lowest BCUT2D eigenvalue weighted by atomic mass is 10.1. The molecule has 0 saturated heterocycles. The van der Waals surface area contributed by atoms with Crippen LogP contribution in [0.25, 0.3) is 22.1 Å². The molecular weight excluding hydrogens is 346 g/mol. The maximum Gasteiger partial charge on any atom is 0.240 e. The number of amides is 1. The van der Waals surface area contributed by atoms with E-state index in [9.17, 15) is 4.79 Å². The van der Waals surface area contributed by atoms with Crippen molar-refractivity contribution < 1.29 is 4.79 Å². The minimum atomic E-state index is -0.421. The normalized spacial score (nSPS) is 12.4. The fourth-order valence-electron chi connectivity index (χ4n) is 2.78. The first kappa shape index (κ1) is 16.5. The van der Waals surface area contributed by atoms with Gasteiger partial charge in [0.1, 0.15) is 10.8 Å². The summed E-state index contributed by atoms with van der Waals surface area (Å²) in [7, 11) is 3.50. The SMILES string of the molecule is CN(C)C(=O)[C@H](Sc1nnc2c(n1)[nH]c1ccccc12)c1ccccc1. The van der Waals surface area contributed by atoms with Crippen molar-refractivity contribution in [2.45, 2.75) is 10.4 Å². The van der Waals surface area contributed by atoms with Crippen molar-refractivity contribution in [3.63, 3.8) is 0 Å². The maximum absolute atomic E-state index is 12.7. The molecule has 0 spiro atoms. The second-order valence-electron chi connectivity index (χ2n) is 6.10. The minimum absolute atomic E-state index is 0.0125. The molecule has 2 aromatic carbocycles. The number of hydrogen-bond donors (Lipinski definition) is 1. The number of aromatic amines is 1. The number of nitrogens with zero attached hydrogens (tertiary/aromatic N) is 4. The number of aromatic nitrogens is 4. The molecule has 2 heterocycles. The van der Waals surface area contributed by atoms with E-state index in [2.05, 4.69) is 20.2 Å². The Bertz CT molecular complexity index is 1080. The zero-order valence-electron chi connectivity index (χ0n) is 14.4. The van der Waals surface area contributed by atoms with Gasteiger partial charge in [0.05, 0.1) is 0 Å². The molecule has 1 N–H and O–H groups in total. The number of fused-ring (bicyclic) bond motifs is 3. The summed E-state index contributed by atoms with van der Waals surface area (Å²) in [5.41, 5.74) is 3.29. The fraction of sp³-hybridized carbons (Fsp3) is 0.158. The second-order valence-corrected chi connectivity index (χ2v) is 7.18. The smallest absolute Gasteiger partial charge is 0.240 e. The Morgan fingerprint density at radius 3 is 2.54 bits per heavy atom. The van der Waals surface area contributed by atoms with Gasteiger partial charge in [0.25, 0.3) is 0 Å². The highest BCUT2D eigenvalue weighted by molar-refractivity contribution is 8.00. The molecule has 0 radical (unpaired) electrons. The Kier molecular flexibility index (Phi) is 4.30. The number of nitrogens with one attached hydrogen (secondary N) is 1. The van der Waals surface area contributed by atoms with Crippen molar-refractivity contribution in [1.82, 2.24) is 25.1 Å². The highest BCUT2D eigenvalue weighted by Crippen LogP contribution is 2.35. The lowest BCUT2D eigenvalue weighted by Gasteiger charge is -2.19. The summed E-state index contributed by atoms with van der Waals surface area (Å²) >= 11 is 1.31. The van der Waals surface area contributed by atoms with Crippen molar-refractivity contribution in [2.75, 3.05) is 14.1 Å². The van der Waals surface area contributed by atoms with Gasteiger partial charge in [0.15, 0.2) is 5.65 Å². The van der Waals surface area contributed by atoms with Crippen LogP contribution < -0.4 is 0 Å². The molecule has 0 saturated carbocycles. The van der Waals surface area contributed by atoms with Crippen LogP contribution in [-0.2, 0) is 4.79 Å². The molecule has 4 rings (SSSR count). The third-order valence-electron chi connectivity index (χ3n) is 4.09. The average molecular weight is 363 g/mol. The van der Waals surface area contributed by atoms with Crippen molar-refractivity contribution >= 4 is 39.7 Å². The molecule has 0 fully saturated rings. The Morgan fingerprint density at radius 1 is 1.04 bits per heavy atom. The predicted octanol–water partition coefficient (Wildman–Crippen LogP) is 3.43. The summed E-state index contributed by atoms with van der Waals surface area (Å²) in [4.78, 5) is 22.1. The number of para-hydroxylation sites is 1. The molecule has 0 aliphatic heterocycles. The highest BCUT2D eigenvalue weighted by atomic mass is 32.2. The van der Waals surface area contributed by atoms with Crippen LogP contribution in [0.15, 0.2) is 59.8 Å². The van der Waals surface area contributed by atoms with Gasteiger partial charge in [-0.05, 0) is 11.6 Å². The summed E-state index contributed by atoms with van der Waals surface area (Å²) in [6, 6.07) is 17.5. The number of carbonyl (C=O) groups excluding carboxylic acids is 1. The highest BCUT2D eigenvalue weighted by Gasteiger charge is 2.25. The van der Waals surface area contributed by atoms with E-state index in [1.54, 1.807) is 19.0 Å². The number of thioether (sulfide) groups is 1. The van der Waals surface area contributed by atoms with Gasteiger partial charge in [0, 0.05) is 25.0 Å². The van der Waals surface area contributed by atoms with E-state index in [1.165, 1.54) is 11.8 Å². The van der Waals surface area contributed by atoms with Crippen LogP contribution in [0.3, 0.4) is 0 Å². The van der Waals surface area contributed by atoms with Crippen LogP contribution in [0.1, 0.15) is 10.8 Å². The van der Waals surface area contributed by atoms with Crippen molar-refractivity contribution in [3.05, 3.63) is 60.2 Å². The van der Waals surface area contributed by atoms with Gasteiger partial charge in [-0.2, -0.15) is 0 Å². The van der Waals surface area contributed by atoms with E-state index >= 15 is 0 Å². The van der Waals surface area contributed by atoms with Crippen molar-refractivity contribution in [1.29, 1.82) is 0 Å². The van der Waals surface area contributed by atoms with E-state index in [4.69, 9.17) is 0 Å². The number of carbonyl (C=O) groups is 1. The molecule has 0 aliphatic carbocycles. The number of hydrogen-bond acceptors (Lipinski definition) is 5. The van der Waals surface area contributed by atoms with Gasteiger partial charge < -0.3 is 9.88 Å². The molecule has 130 valence electrons. The molecule has 0 aliphatic rings. The third-order valence-corrected chi connectivity index (χ3v) is 5.19. The first-order valence-electron chi connectivity index (χ1n) is 8.17. The van der Waals surface area contributed by atoms with E-state index in [-0.39, 0.29) is 5.91 Å². The quantitative estimate of drug-likeness (QED) is 0.562. The number of H-pyrrole nitrogens is 1. The van der Waals surface area contributed by atoms with Gasteiger partial charge in [-0.3, -0.25) is 4.79 Å². The van der Waals surface area contributed by atoms with Crippen LogP contribution in [-0.4, -0.2) is 45.1 Å². The fourth-order valence-corrected chi connectivity index (χ4v) is 3.83. The van der Waals surface area contributed by atoms with Gasteiger partial charge in [0.2, 0.25) is 11.1 Å². The summed E-state index contributed by atoms with van der Waals surface area (Å²) in [6.07, 6.45) is 0. The minimum Gasteiger partial charge on any atom is -0.348 e. The summed E-state index contributed by atoms with van der Waals surface area (Å²) in [6.45, 7) is 0. The Balaban J connectivity index is 1.73. The standard InChI is InChI=1S/C19H17N5OS/c1-24(2)18(25)16(12-8-4-3-5-9-12)26-19-21-17-15(22-23-19)13-10-6-7-11-14(13)20-17/h3-11,16H,1-2H3,(H,20,21,23)/t16-/m1/s1. The average Bonchev–Trinajstić information content (AvgIpc) is 3.04. The Hall–Kier alpha value is -2.93. The molecule has 0 unspecified atom stereocenters. The van der Waals surface area contributed by atoms with Crippen LogP contribution in [0.5, 0.6) is 0 Å². The second kappa shape index (κ2) is 6.76. The molecule has 0 bridgehead atoms. The maximum atomic E-state index is 12.7. The largest absolute Gasteiger partial charge is 0.348 e. The Labute approximate surface area is 154 Å². The third kappa shape index (κ3) is 3.01. The van der Waals surface area contributed by atoms with Crippen molar-refractivity contribution in [2.24, 2.45) is 0 Å². The topological polar surface area (TPSA) is 74.8 Å². The van der Waals surface area contributed by atoms with Gasteiger partial charge in [-0.25, -0.2) is 4.98 Å². The van der Waals surface area contributed by atoms with E-state index < -0.39 is 5.25 Å². The molecular formula is C19H17N5OS. The van der Waals surface area contributed by atoms with E-state index in [1.807, 2.05) is 54.6 Å². The first-order valence-corrected chi connectivity index (χ1v) is 9.05.